The van der Waals surface area contributed by atoms with Gasteiger partial charge >= 0.3 is 0 Å². The molecule has 29 heavy (non-hydrogen) atoms. The highest BCUT2D eigenvalue weighted by Crippen LogP contribution is 2.47. The minimum absolute atomic E-state index is 0.808. The smallest absolute Gasteiger partial charge is 0.00986 e. The molecule has 0 aromatic rings. The summed E-state index contributed by atoms with van der Waals surface area (Å²) in [5, 5.41) is 8.30. The van der Waals surface area contributed by atoms with Gasteiger partial charge in [0.15, 0.2) is 0 Å². The third-order valence-corrected chi connectivity index (χ3v) is 10.9. The molecule has 0 radical (unpaired) electrons. The lowest BCUT2D eigenvalue weighted by atomic mass is 9.73. The Morgan fingerprint density at radius 1 is 0.414 bits per heavy atom. The molecule has 0 aromatic carbocycles. The fraction of sp³-hybridized carbons (Fsp3) is 1.00. The molecule has 164 valence electrons. The Bertz CT molecular complexity index is 513. The lowest BCUT2D eigenvalue weighted by molar-refractivity contribution is 0.173. The zero-order valence-corrected chi connectivity index (χ0v) is 18.8. The van der Waals surface area contributed by atoms with Crippen molar-refractivity contribution in [2.45, 2.75) is 133 Å². The summed E-state index contributed by atoms with van der Waals surface area (Å²) in [5.74, 6) is 6.43. The van der Waals surface area contributed by atoms with E-state index in [1.807, 2.05) is 0 Å². The molecule has 4 aliphatic carbocycles. The van der Waals surface area contributed by atoms with E-state index in [2.05, 4.69) is 10.6 Å². The predicted octanol–water partition coefficient (Wildman–Crippen LogP) is 6.05. The summed E-state index contributed by atoms with van der Waals surface area (Å²) in [6.45, 7) is 0. The normalized spacial score (nSPS) is 52.6. The van der Waals surface area contributed by atoms with Gasteiger partial charge in [0, 0.05) is 24.2 Å². The van der Waals surface area contributed by atoms with Gasteiger partial charge in [-0.3, -0.25) is 0 Å². The van der Waals surface area contributed by atoms with Crippen LogP contribution in [0.1, 0.15) is 109 Å². The van der Waals surface area contributed by atoms with Gasteiger partial charge in [-0.2, -0.15) is 0 Å². The Morgan fingerprint density at radius 3 is 1.38 bits per heavy atom. The first kappa shape index (κ1) is 19.6. The summed E-state index contributed by atoms with van der Waals surface area (Å²) in [4.78, 5) is 0. The topological polar surface area (TPSA) is 24.1 Å². The standard InChI is InChI=1S/C27H46N2/c1-3-18-7-9-22(15-20(18)5-1)26-13-11-24(28-26)17-25-12-14-27(29-25)23-10-8-19-4-2-6-21(19)16-23/h18-29H,1-17H2. The molecule has 2 heterocycles. The molecule has 6 rings (SSSR count). The van der Waals surface area contributed by atoms with E-state index in [1.54, 1.807) is 51.4 Å². The molecule has 2 N–H and O–H groups in total. The molecule has 2 saturated heterocycles. The molecule has 6 fully saturated rings. The van der Waals surface area contributed by atoms with Crippen LogP contribution in [0.25, 0.3) is 0 Å². The van der Waals surface area contributed by atoms with Crippen molar-refractivity contribution in [3.63, 3.8) is 0 Å². The molecular weight excluding hydrogens is 352 g/mol. The van der Waals surface area contributed by atoms with Crippen LogP contribution in [0.5, 0.6) is 0 Å². The summed E-state index contributed by atoms with van der Waals surface area (Å²) in [7, 11) is 0. The lowest BCUT2D eigenvalue weighted by Crippen LogP contribution is -2.42. The summed E-state index contributed by atoms with van der Waals surface area (Å²) in [6.07, 6.45) is 25.8. The molecule has 0 spiro atoms. The van der Waals surface area contributed by atoms with Crippen LogP contribution in [-0.2, 0) is 0 Å². The average molecular weight is 399 g/mol. The summed E-state index contributed by atoms with van der Waals surface area (Å²) in [6, 6.07) is 3.33. The first-order valence-electron chi connectivity index (χ1n) is 13.8. The Balaban J connectivity index is 0.962. The van der Waals surface area contributed by atoms with Crippen molar-refractivity contribution < 1.29 is 0 Å². The zero-order valence-electron chi connectivity index (χ0n) is 18.8. The highest BCUT2D eigenvalue weighted by atomic mass is 15.0. The minimum Gasteiger partial charge on any atom is -0.311 e. The van der Waals surface area contributed by atoms with Gasteiger partial charge in [0.2, 0.25) is 0 Å². The second-order valence-electron chi connectivity index (χ2n) is 12.4. The van der Waals surface area contributed by atoms with E-state index in [9.17, 15) is 0 Å². The minimum atomic E-state index is 0.808. The van der Waals surface area contributed by atoms with Crippen LogP contribution in [0, 0.1) is 35.5 Å². The molecule has 0 amide bonds. The number of rotatable bonds is 4. The molecule has 2 heteroatoms. The fourth-order valence-corrected chi connectivity index (χ4v) is 9.37. The van der Waals surface area contributed by atoms with Crippen molar-refractivity contribution in [3.8, 4) is 0 Å². The number of hydrogen-bond donors (Lipinski definition) is 2. The number of hydrogen-bond acceptors (Lipinski definition) is 2. The molecule has 2 aliphatic heterocycles. The molecule has 10 unspecified atom stereocenters. The van der Waals surface area contributed by atoms with Gasteiger partial charge in [0.25, 0.3) is 0 Å². The van der Waals surface area contributed by atoms with E-state index >= 15 is 0 Å². The van der Waals surface area contributed by atoms with Gasteiger partial charge in [-0.15, -0.1) is 0 Å². The third-order valence-electron chi connectivity index (χ3n) is 10.9. The van der Waals surface area contributed by atoms with Crippen molar-refractivity contribution in [3.05, 3.63) is 0 Å². The largest absolute Gasteiger partial charge is 0.311 e. The predicted molar refractivity (Wildman–Crippen MR) is 121 cm³/mol. The van der Waals surface area contributed by atoms with Gasteiger partial charge in [0.05, 0.1) is 0 Å². The molecule has 6 aliphatic rings. The van der Waals surface area contributed by atoms with Crippen LogP contribution in [0.2, 0.25) is 0 Å². The molecule has 4 saturated carbocycles. The van der Waals surface area contributed by atoms with Crippen LogP contribution in [0.15, 0.2) is 0 Å². The molecule has 0 aromatic heterocycles. The second-order valence-corrected chi connectivity index (χ2v) is 12.4. The van der Waals surface area contributed by atoms with E-state index in [0.717, 1.165) is 59.7 Å². The van der Waals surface area contributed by atoms with Crippen molar-refractivity contribution in [1.82, 2.24) is 10.6 Å². The highest BCUT2D eigenvalue weighted by Gasteiger charge is 2.41. The van der Waals surface area contributed by atoms with Gasteiger partial charge in [-0.05, 0) is 106 Å². The Labute approximate surface area is 179 Å². The van der Waals surface area contributed by atoms with Crippen LogP contribution < -0.4 is 10.6 Å². The Morgan fingerprint density at radius 2 is 0.862 bits per heavy atom. The van der Waals surface area contributed by atoms with Crippen LogP contribution in [0.3, 0.4) is 0 Å². The quantitative estimate of drug-likeness (QED) is 0.602. The van der Waals surface area contributed by atoms with Gasteiger partial charge in [0.1, 0.15) is 0 Å². The monoisotopic (exact) mass is 398 g/mol. The van der Waals surface area contributed by atoms with E-state index in [4.69, 9.17) is 0 Å². The number of nitrogens with one attached hydrogen (secondary N) is 2. The van der Waals surface area contributed by atoms with Crippen LogP contribution in [0.4, 0.5) is 0 Å². The van der Waals surface area contributed by atoms with E-state index in [0.29, 0.717) is 0 Å². The summed E-state index contributed by atoms with van der Waals surface area (Å²) in [5.41, 5.74) is 0. The van der Waals surface area contributed by atoms with Crippen molar-refractivity contribution in [2.75, 3.05) is 0 Å². The summed E-state index contributed by atoms with van der Waals surface area (Å²) < 4.78 is 0. The van der Waals surface area contributed by atoms with Gasteiger partial charge < -0.3 is 10.6 Å². The highest BCUT2D eigenvalue weighted by molar-refractivity contribution is 4.98. The van der Waals surface area contributed by atoms with Crippen molar-refractivity contribution in [2.24, 2.45) is 35.5 Å². The fourth-order valence-electron chi connectivity index (χ4n) is 9.37. The van der Waals surface area contributed by atoms with Crippen LogP contribution >= 0.6 is 0 Å². The first-order valence-corrected chi connectivity index (χ1v) is 13.8. The lowest BCUT2D eigenvalue weighted by Gasteiger charge is -2.36. The maximum atomic E-state index is 4.15. The van der Waals surface area contributed by atoms with Gasteiger partial charge in [-0.25, -0.2) is 0 Å². The molecule has 10 atom stereocenters. The number of fused-ring (bicyclic) bond motifs is 2. The molecule has 2 nitrogen and oxygen atoms in total. The molecule has 0 bridgehead atoms. The van der Waals surface area contributed by atoms with E-state index in [1.165, 1.54) is 57.8 Å². The SMILES string of the molecule is C1CC2CCC(C3CCC(CC4CCC(C5CCC6CCCC6C5)N4)N3)CC2C1. The van der Waals surface area contributed by atoms with E-state index < -0.39 is 0 Å². The summed E-state index contributed by atoms with van der Waals surface area (Å²) >= 11 is 0. The van der Waals surface area contributed by atoms with Crippen molar-refractivity contribution in [1.29, 1.82) is 0 Å². The Kier molecular flexibility index (Phi) is 5.71. The second kappa shape index (κ2) is 8.45. The maximum Gasteiger partial charge on any atom is 0.00986 e. The Hall–Kier alpha value is -0.0800. The zero-order chi connectivity index (χ0) is 19.2. The van der Waals surface area contributed by atoms with Gasteiger partial charge in [-0.1, -0.05) is 38.5 Å². The maximum absolute atomic E-state index is 4.15. The third kappa shape index (κ3) is 4.07. The average Bonchev–Trinajstić information content (AvgIpc) is 3.53. The molecular formula is C27H46N2. The van der Waals surface area contributed by atoms with E-state index in [-0.39, 0.29) is 0 Å². The van der Waals surface area contributed by atoms with Crippen molar-refractivity contribution >= 4 is 0 Å². The van der Waals surface area contributed by atoms with Crippen LogP contribution in [-0.4, -0.2) is 24.2 Å². The first-order chi connectivity index (χ1) is 14.3.